The number of hydrogen-bond donors (Lipinski definition) is 2. The molecule has 0 aliphatic heterocycles. The number of hydrogen-bond acceptors (Lipinski definition) is 3. The maximum Gasteiger partial charge on any atom is 0.296 e. The van der Waals surface area contributed by atoms with Gasteiger partial charge in [0.05, 0.1) is 0 Å². The van der Waals surface area contributed by atoms with Crippen LogP contribution in [0.15, 0.2) is 54.6 Å². The van der Waals surface area contributed by atoms with Crippen molar-refractivity contribution in [3.63, 3.8) is 0 Å². The minimum absolute atomic E-state index is 0.232. The minimum atomic E-state index is -0.807. The van der Waals surface area contributed by atoms with Gasteiger partial charge < -0.3 is 10.4 Å². The number of aryl methyl sites for hydroxylation is 2. The zero-order valence-corrected chi connectivity index (χ0v) is 12.5. The predicted octanol–water partition coefficient (Wildman–Crippen LogP) is 3.41. The van der Waals surface area contributed by atoms with E-state index in [2.05, 4.69) is 5.32 Å². The molecule has 0 aliphatic rings. The van der Waals surface area contributed by atoms with Crippen LogP contribution in [0.3, 0.4) is 0 Å². The van der Waals surface area contributed by atoms with E-state index in [0.29, 0.717) is 11.3 Å². The van der Waals surface area contributed by atoms with Crippen LogP contribution in [0.2, 0.25) is 0 Å². The summed E-state index contributed by atoms with van der Waals surface area (Å²) in [6, 6.07) is 14.1. The lowest BCUT2D eigenvalue weighted by Gasteiger charge is -2.04. The van der Waals surface area contributed by atoms with Crippen LogP contribution in [0, 0.1) is 13.8 Å². The molecule has 22 heavy (non-hydrogen) atoms. The van der Waals surface area contributed by atoms with Crippen LogP contribution in [0.4, 0.5) is 5.69 Å². The molecule has 2 rings (SSSR count). The highest BCUT2D eigenvalue weighted by molar-refractivity contribution is 6.45. The summed E-state index contributed by atoms with van der Waals surface area (Å²) in [4.78, 5) is 23.6. The van der Waals surface area contributed by atoms with Gasteiger partial charge in [-0.15, -0.1) is 0 Å². The molecule has 4 heteroatoms. The highest BCUT2D eigenvalue weighted by atomic mass is 16.3. The molecule has 112 valence electrons. The van der Waals surface area contributed by atoms with Gasteiger partial charge in [0.25, 0.3) is 5.91 Å². The molecule has 0 saturated heterocycles. The Morgan fingerprint density at radius 2 is 1.41 bits per heavy atom. The Bertz CT molecular complexity index is 713. The maximum atomic E-state index is 11.8. The van der Waals surface area contributed by atoms with E-state index in [-0.39, 0.29) is 5.76 Å². The van der Waals surface area contributed by atoms with Gasteiger partial charge in [0, 0.05) is 17.3 Å². The zero-order valence-electron chi connectivity index (χ0n) is 12.5. The fourth-order valence-corrected chi connectivity index (χ4v) is 1.83. The molecule has 0 aliphatic carbocycles. The zero-order chi connectivity index (χ0) is 16.1. The van der Waals surface area contributed by atoms with E-state index < -0.39 is 11.7 Å². The van der Waals surface area contributed by atoms with Gasteiger partial charge in [0.15, 0.2) is 0 Å². The van der Waals surface area contributed by atoms with Gasteiger partial charge >= 0.3 is 0 Å². The Morgan fingerprint density at radius 1 is 0.909 bits per heavy atom. The summed E-state index contributed by atoms with van der Waals surface area (Å²) in [5.41, 5.74) is 3.12. The van der Waals surface area contributed by atoms with Crippen LogP contribution in [-0.4, -0.2) is 16.8 Å². The number of aliphatic hydroxyl groups excluding tert-OH is 1. The predicted molar refractivity (Wildman–Crippen MR) is 86.6 cm³/mol. The first-order valence-electron chi connectivity index (χ1n) is 6.85. The summed E-state index contributed by atoms with van der Waals surface area (Å²) in [5, 5.41) is 12.4. The Balaban J connectivity index is 2.07. The van der Waals surface area contributed by atoms with Crippen molar-refractivity contribution in [2.45, 2.75) is 13.8 Å². The standard InChI is InChI=1S/C18H17NO3/c1-12-3-7-14(8-4-12)16(20)11-17(21)18(22)19-15-9-5-13(2)6-10-15/h3-11,20H,1-2H3,(H,19,22)/b16-11-. The fraction of sp³-hybridized carbons (Fsp3) is 0.111. The first-order valence-corrected chi connectivity index (χ1v) is 6.85. The second kappa shape index (κ2) is 6.72. The van der Waals surface area contributed by atoms with Crippen molar-refractivity contribution in [3.8, 4) is 0 Å². The van der Waals surface area contributed by atoms with Crippen molar-refractivity contribution in [1.29, 1.82) is 0 Å². The summed E-state index contributed by atoms with van der Waals surface area (Å²) in [6.45, 7) is 3.85. The average molecular weight is 295 g/mol. The van der Waals surface area contributed by atoms with Crippen molar-refractivity contribution >= 4 is 23.1 Å². The van der Waals surface area contributed by atoms with Gasteiger partial charge in [0.1, 0.15) is 5.76 Å². The molecule has 2 N–H and O–H groups in total. The molecule has 0 bridgehead atoms. The average Bonchev–Trinajstić information content (AvgIpc) is 2.50. The number of nitrogens with one attached hydrogen (secondary N) is 1. The summed E-state index contributed by atoms with van der Waals surface area (Å²) < 4.78 is 0. The van der Waals surface area contributed by atoms with Crippen LogP contribution in [0.5, 0.6) is 0 Å². The van der Waals surface area contributed by atoms with E-state index in [1.807, 2.05) is 38.1 Å². The lowest BCUT2D eigenvalue weighted by molar-refractivity contribution is -0.131. The molecule has 0 saturated carbocycles. The Hall–Kier alpha value is -2.88. The lowest BCUT2D eigenvalue weighted by atomic mass is 10.1. The lowest BCUT2D eigenvalue weighted by Crippen LogP contribution is -2.21. The number of benzene rings is 2. The number of aliphatic hydroxyl groups is 1. The molecule has 0 fully saturated rings. The number of carbonyl (C=O) groups is 2. The second-order valence-electron chi connectivity index (χ2n) is 5.08. The number of rotatable bonds is 4. The normalized spacial score (nSPS) is 11.1. The SMILES string of the molecule is Cc1ccc(NC(=O)C(=O)/C=C(\O)c2ccc(C)cc2)cc1. The summed E-state index contributed by atoms with van der Waals surface area (Å²) in [5.74, 6) is -1.83. The number of anilines is 1. The van der Waals surface area contributed by atoms with E-state index in [0.717, 1.165) is 17.2 Å². The van der Waals surface area contributed by atoms with Crippen molar-refractivity contribution in [3.05, 3.63) is 71.3 Å². The van der Waals surface area contributed by atoms with Crippen LogP contribution < -0.4 is 5.32 Å². The van der Waals surface area contributed by atoms with Crippen molar-refractivity contribution in [2.24, 2.45) is 0 Å². The topological polar surface area (TPSA) is 66.4 Å². The summed E-state index contributed by atoms with van der Waals surface area (Å²) in [7, 11) is 0. The van der Waals surface area contributed by atoms with Crippen LogP contribution in [-0.2, 0) is 9.59 Å². The molecule has 2 aromatic carbocycles. The Morgan fingerprint density at radius 3 is 1.95 bits per heavy atom. The maximum absolute atomic E-state index is 11.8. The highest BCUT2D eigenvalue weighted by Crippen LogP contribution is 2.13. The third-order valence-electron chi connectivity index (χ3n) is 3.15. The second-order valence-corrected chi connectivity index (χ2v) is 5.08. The first-order chi connectivity index (χ1) is 10.5. The number of ketones is 1. The van der Waals surface area contributed by atoms with Gasteiger partial charge in [-0.2, -0.15) is 0 Å². The fourth-order valence-electron chi connectivity index (χ4n) is 1.83. The molecule has 2 aromatic rings. The quantitative estimate of drug-likeness (QED) is 0.516. The van der Waals surface area contributed by atoms with Crippen LogP contribution in [0.25, 0.3) is 5.76 Å². The number of carbonyl (C=O) groups excluding carboxylic acids is 2. The number of amides is 1. The minimum Gasteiger partial charge on any atom is -0.507 e. The van der Waals surface area contributed by atoms with E-state index >= 15 is 0 Å². The molecule has 4 nitrogen and oxygen atoms in total. The summed E-state index contributed by atoms with van der Waals surface area (Å²) >= 11 is 0. The highest BCUT2D eigenvalue weighted by Gasteiger charge is 2.13. The molecule has 0 atom stereocenters. The Kier molecular flexibility index (Phi) is 4.73. The molecule has 1 amide bonds. The van der Waals surface area contributed by atoms with Crippen molar-refractivity contribution in [1.82, 2.24) is 0 Å². The smallest absolute Gasteiger partial charge is 0.296 e. The molecule has 0 heterocycles. The molecule has 0 radical (unpaired) electrons. The third kappa shape index (κ3) is 4.06. The van der Waals surface area contributed by atoms with E-state index in [1.54, 1.807) is 24.3 Å². The van der Waals surface area contributed by atoms with Crippen LogP contribution in [0.1, 0.15) is 16.7 Å². The van der Waals surface area contributed by atoms with Gasteiger partial charge in [-0.3, -0.25) is 9.59 Å². The van der Waals surface area contributed by atoms with Gasteiger partial charge in [-0.05, 0) is 26.0 Å². The van der Waals surface area contributed by atoms with Gasteiger partial charge in [-0.1, -0.05) is 47.5 Å². The molecule has 0 unspecified atom stereocenters. The summed E-state index contributed by atoms with van der Waals surface area (Å²) in [6.07, 6.45) is 0.925. The van der Waals surface area contributed by atoms with Crippen molar-refractivity contribution in [2.75, 3.05) is 5.32 Å². The Labute approximate surface area is 129 Å². The van der Waals surface area contributed by atoms with E-state index in [9.17, 15) is 14.7 Å². The van der Waals surface area contributed by atoms with Crippen molar-refractivity contribution < 1.29 is 14.7 Å². The first kappa shape index (κ1) is 15.5. The third-order valence-corrected chi connectivity index (χ3v) is 3.15. The largest absolute Gasteiger partial charge is 0.507 e. The van der Waals surface area contributed by atoms with Gasteiger partial charge in [0.2, 0.25) is 5.78 Å². The molecular weight excluding hydrogens is 278 g/mol. The van der Waals surface area contributed by atoms with E-state index in [1.165, 1.54) is 0 Å². The molecule has 0 spiro atoms. The van der Waals surface area contributed by atoms with Gasteiger partial charge in [-0.25, -0.2) is 0 Å². The molecule has 0 aromatic heterocycles. The van der Waals surface area contributed by atoms with E-state index in [4.69, 9.17) is 0 Å². The van der Waals surface area contributed by atoms with Crippen LogP contribution >= 0.6 is 0 Å². The monoisotopic (exact) mass is 295 g/mol. The molecular formula is C18H17NO3.